The predicted octanol–water partition coefficient (Wildman–Crippen LogP) is 2.35. The number of hydrogen-bond donors (Lipinski definition) is 2. The zero-order valence-electron chi connectivity index (χ0n) is 16.2. The Morgan fingerprint density at radius 3 is 2.37 bits per heavy atom. The number of hydrogen-bond acceptors (Lipinski definition) is 4. The Morgan fingerprint density at radius 1 is 1.19 bits per heavy atom. The molecule has 1 aromatic rings. The summed E-state index contributed by atoms with van der Waals surface area (Å²) in [5.41, 5.74) is 0.404. The molecule has 1 aliphatic rings. The van der Waals surface area contributed by atoms with E-state index >= 15 is 0 Å². The minimum Gasteiger partial charge on any atom is -0.344 e. The Morgan fingerprint density at radius 2 is 1.81 bits per heavy atom. The number of carbonyl (C=O) groups is 2. The number of sulfonamides is 1. The van der Waals surface area contributed by atoms with E-state index in [1.54, 1.807) is 26.0 Å². The monoisotopic (exact) mass is 395 g/mol. The Hall–Kier alpha value is -1.93. The van der Waals surface area contributed by atoms with Gasteiger partial charge in [-0.05, 0) is 37.0 Å². The van der Waals surface area contributed by atoms with E-state index in [2.05, 4.69) is 10.6 Å². The van der Waals surface area contributed by atoms with Crippen LogP contribution in [0.1, 0.15) is 46.5 Å². The number of amides is 2. The normalized spacial score (nSPS) is 16.3. The van der Waals surface area contributed by atoms with E-state index in [1.165, 1.54) is 23.4 Å². The SMILES string of the molecule is CCN(CC)S(=O)(=O)c1cccc(NC(=O)[C@H](NC(C)=O)C2CCCC2)c1. The lowest BCUT2D eigenvalue weighted by Gasteiger charge is -2.23. The highest BCUT2D eigenvalue weighted by Gasteiger charge is 2.31. The summed E-state index contributed by atoms with van der Waals surface area (Å²) in [6.07, 6.45) is 3.89. The van der Waals surface area contributed by atoms with E-state index in [0.717, 1.165) is 25.7 Å². The average molecular weight is 396 g/mol. The largest absolute Gasteiger partial charge is 0.344 e. The van der Waals surface area contributed by atoms with Gasteiger partial charge < -0.3 is 10.6 Å². The van der Waals surface area contributed by atoms with Gasteiger partial charge in [-0.15, -0.1) is 0 Å². The third-order valence-corrected chi connectivity index (χ3v) is 7.00. The fraction of sp³-hybridized carbons (Fsp3) is 0.579. The highest BCUT2D eigenvalue weighted by Crippen LogP contribution is 2.28. The van der Waals surface area contributed by atoms with Crippen LogP contribution >= 0.6 is 0 Å². The molecule has 0 bridgehead atoms. The van der Waals surface area contributed by atoms with Crippen molar-refractivity contribution in [3.63, 3.8) is 0 Å². The molecule has 8 heteroatoms. The van der Waals surface area contributed by atoms with Crippen LogP contribution in [0.3, 0.4) is 0 Å². The number of nitrogens with one attached hydrogen (secondary N) is 2. The summed E-state index contributed by atoms with van der Waals surface area (Å²) in [6, 6.07) is 5.64. The number of anilines is 1. The zero-order valence-corrected chi connectivity index (χ0v) is 17.0. The molecule has 0 unspecified atom stereocenters. The van der Waals surface area contributed by atoms with Crippen LogP contribution in [-0.2, 0) is 19.6 Å². The van der Waals surface area contributed by atoms with Crippen molar-refractivity contribution in [2.45, 2.75) is 57.4 Å². The van der Waals surface area contributed by atoms with Gasteiger partial charge in [-0.3, -0.25) is 9.59 Å². The molecule has 1 aromatic carbocycles. The Kier molecular flexibility index (Phi) is 7.38. The summed E-state index contributed by atoms with van der Waals surface area (Å²) in [7, 11) is -3.60. The molecular formula is C19H29N3O4S. The van der Waals surface area contributed by atoms with Crippen molar-refractivity contribution < 1.29 is 18.0 Å². The fourth-order valence-corrected chi connectivity index (χ4v) is 5.08. The van der Waals surface area contributed by atoms with E-state index in [-0.39, 0.29) is 22.6 Å². The smallest absolute Gasteiger partial charge is 0.247 e. The summed E-state index contributed by atoms with van der Waals surface area (Å²) < 4.78 is 26.7. The minimum absolute atomic E-state index is 0.108. The first-order valence-electron chi connectivity index (χ1n) is 9.47. The van der Waals surface area contributed by atoms with Crippen LogP contribution in [-0.4, -0.2) is 43.7 Å². The standard InChI is InChI=1S/C19H29N3O4S/c1-4-22(5-2)27(25,26)17-12-8-11-16(13-17)21-19(24)18(20-14(3)23)15-9-6-7-10-15/h8,11-13,15,18H,4-7,9-10H2,1-3H3,(H,20,23)(H,21,24)/t18-/m1/s1. The van der Waals surface area contributed by atoms with Gasteiger partial charge in [0.05, 0.1) is 4.90 Å². The molecule has 2 rings (SSSR count). The second-order valence-corrected chi connectivity index (χ2v) is 8.77. The van der Waals surface area contributed by atoms with Crippen molar-refractivity contribution in [1.82, 2.24) is 9.62 Å². The van der Waals surface area contributed by atoms with Gasteiger partial charge in [0.15, 0.2) is 0 Å². The molecule has 0 heterocycles. The van der Waals surface area contributed by atoms with Crippen molar-refractivity contribution in [1.29, 1.82) is 0 Å². The first-order valence-corrected chi connectivity index (χ1v) is 10.9. The molecule has 2 amide bonds. The molecule has 2 N–H and O–H groups in total. The summed E-state index contributed by atoms with van der Waals surface area (Å²) >= 11 is 0. The number of nitrogens with zero attached hydrogens (tertiary/aromatic N) is 1. The van der Waals surface area contributed by atoms with Crippen molar-refractivity contribution in [3.05, 3.63) is 24.3 Å². The molecule has 1 aliphatic carbocycles. The quantitative estimate of drug-likeness (QED) is 0.706. The van der Waals surface area contributed by atoms with Crippen LogP contribution in [0.5, 0.6) is 0 Å². The van der Waals surface area contributed by atoms with Gasteiger partial charge in [-0.1, -0.05) is 32.8 Å². The van der Waals surface area contributed by atoms with Gasteiger partial charge >= 0.3 is 0 Å². The highest BCUT2D eigenvalue weighted by atomic mass is 32.2. The van der Waals surface area contributed by atoms with E-state index < -0.39 is 16.1 Å². The Balaban J connectivity index is 2.21. The van der Waals surface area contributed by atoms with E-state index in [1.807, 2.05) is 0 Å². The Bertz CT molecular complexity index is 769. The first kappa shape index (κ1) is 21.4. The van der Waals surface area contributed by atoms with Crippen molar-refractivity contribution in [3.8, 4) is 0 Å². The second-order valence-electron chi connectivity index (χ2n) is 6.83. The molecule has 1 fully saturated rings. The molecule has 7 nitrogen and oxygen atoms in total. The van der Waals surface area contributed by atoms with E-state index in [9.17, 15) is 18.0 Å². The van der Waals surface area contributed by atoms with Gasteiger partial charge in [0, 0.05) is 25.7 Å². The van der Waals surface area contributed by atoms with Crippen LogP contribution in [0.15, 0.2) is 29.2 Å². The van der Waals surface area contributed by atoms with Crippen molar-refractivity contribution in [2.24, 2.45) is 5.92 Å². The topological polar surface area (TPSA) is 95.6 Å². The van der Waals surface area contributed by atoms with Crippen molar-refractivity contribution in [2.75, 3.05) is 18.4 Å². The molecule has 27 heavy (non-hydrogen) atoms. The van der Waals surface area contributed by atoms with Gasteiger partial charge in [0.1, 0.15) is 6.04 Å². The maximum Gasteiger partial charge on any atom is 0.247 e. The van der Waals surface area contributed by atoms with Crippen LogP contribution in [0, 0.1) is 5.92 Å². The number of benzene rings is 1. The average Bonchev–Trinajstić information content (AvgIpc) is 3.14. The minimum atomic E-state index is -3.60. The predicted molar refractivity (Wildman–Crippen MR) is 105 cm³/mol. The number of carbonyl (C=O) groups excluding carboxylic acids is 2. The second kappa shape index (κ2) is 9.32. The third-order valence-electron chi connectivity index (χ3n) is 4.96. The van der Waals surface area contributed by atoms with Crippen LogP contribution in [0.2, 0.25) is 0 Å². The maximum atomic E-state index is 12.8. The molecular weight excluding hydrogens is 366 g/mol. The third kappa shape index (κ3) is 5.29. The number of rotatable bonds is 8. The van der Waals surface area contributed by atoms with Crippen molar-refractivity contribution >= 4 is 27.5 Å². The molecule has 1 saturated carbocycles. The summed E-state index contributed by atoms with van der Waals surface area (Å²) in [4.78, 5) is 24.4. The molecule has 0 spiro atoms. The first-order chi connectivity index (χ1) is 12.8. The lowest BCUT2D eigenvalue weighted by Crippen LogP contribution is -2.47. The molecule has 0 radical (unpaired) electrons. The summed E-state index contributed by atoms with van der Waals surface area (Å²) in [5, 5.41) is 5.52. The van der Waals surface area contributed by atoms with Gasteiger partial charge in [-0.25, -0.2) is 8.42 Å². The molecule has 150 valence electrons. The lowest BCUT2D eigenvalue weighted by molar-refractivity contribution is -0.126. The molecule has 0 aromatic heterocycles. The maximum absolute atomic E-state index is 12.8. The zero-order chi connectivity index (χ0) is 20.0. The van der Waals surface area contributed by atoms with E-state index in [4.69, 9.17) is 0 Å². The Labute approximate surface area is 161 Å². The lowest BCUT2D eigenvalue weighted by atomic mass is 9.97. The van der Waals surface area contributed by atoms with Crippen LogP contribution in [0.4, 0.5) is 5.69 Å². The fourth-order valence-electron chi connectivity index (χ4n) is 3.57. The van der Waals surface area contributed by atoms with Gasteiger partial charge in [0.25, 0.3) is 0 Å². The molecule has 0 aliphatic heterocycles. The summed E-state index contributed by atoms with van der Waals surface area (Å²) in [5.74, 6) is -0.453. The van der Waals surface area contributed by atoms with Crippen LogP contribution in [0.25, 0.3) is 0 Å². The van der Waals surface area contributed by atoms with Crippen LogP contribution < -0.4 is 10.6 Å². The molecule has 0 saturated heterocycles. The van der Waals surface area contributed by atoms with Gasteiger partial charge in [-0.2, -0.15) is 4.31 Å². The highest BCUT2D eigenvalue weighted by molar-refractivity contribution is 7.89. The van der Waals surface area contributed by atoms with Gasteiger partial charge in [0.2, 0.25) is 21.8 Å². The molecule has 1 atom stereocenters. The summed E-state index contributed by atoms with van der Waals surface area (Å²) in [6.45, 7) is 5.72. The van der Waals surface area contributed by atoms with E-state index in [0.29, 0.717) is 18.8 Å².